The minimum absolute atomic E-state index is 0.255. The van der Waals surface area contributed by atoms with Crippen LogP contribution in [0.5, 0.6) is 5.75 Å². The Morgan fingerprint density at radius 3 is 2.57 bits per heavy atom. The summed E-state index contributed by atoms with van der Waals surface area (Å²) < 4.78 is 25.4. The smallest absolute Gasteiger partial charge is 0.322 e. The molecule has 0 fully saturated rings. The van der Waals surface area contributed by atoms with Gasteiger partial charge in [0.2, 0.25) is 5.82 Å². The average molecular weight is 499 g/mol. The molecule has 0 radical (unpaired) electrons. The molecule has 0 saturated carbocycles. The van der Waals surface area contributed by atoms with E-state index in [9.17, 15) is 9.18 Å². The first-order valence-corrected chi connectivity index (χ1v) is 12.1. The predicted molar refractivity (Wildman–Crippen MR) is 138 cm³/mol. The van der Waals surface area contributed by atoms with Gasteiger partial charge in [-0.3, -0.25) is 4.90 Å². The topological polar surface area (TPSA) is 80.5 Å². The zero-order chi connectivity index (χ0) is 25.9. The molecule has 1 aliphatic heterocycles. The fourth-order valence-corrected chi connectivity index (χ4v) is 4.46. The zero-order valence-corrected chi connectivity index (χ0v) is 20.9. The van der Waals surface area contributed by atoms with Crippen LogP contribution in [0.15, 0.2) is 83.0 Å². The third kappa shape index (κ3) is 4.95. The van der Waals surface area contributed by atoms with Crippen LogP contribution in [0.1, 0.15) is 42.5 Å². The SMILES string of the molecule is CCOc1ccc(-c2noc(C3=C(C)N(Cc4ccccc4C)C(=O)NC3c3cccc(F)c3)n2)cc1. The van der Waals surface area contributed by atoms with Crippen LogP contribution in [0.2, 0.25) is 0 Å². The van der Waals surface area contributed by atoms with Gasteiger partial charge >= 0.3 is 6.03 Å². The Morgan fingerprint density at radius 2 is 1.84 bits per heavy atom. The molecule has 5 rings (SSSR count). The van der Waals surface area contributed by atoms with Gasteiger partial charge in [0.25, 0.3) is 5.89 Å². The van der Waals surface area contributed by atoms with Crippen LogP contribution in [0.25, 0.3) is 17.0 Å². The molecule has 1 unspecified atom stereocenters. The summed E-state index contributed by atoms with van der Waals surface area (Å²) in [7, 11) is 0. The van der Waals surface area contributed by atoms with Gasteiger partial charge in [-0.15, -0.1) is 0 Å². The summed E-state index contributed by atoms with van der Waals surface area (Å²) in [5.41, 5.74) is 4.70. The number of hydrogen-bond acceptors (Lipinski definition) is 5. The van der Waals surface area contributed by atoms with Crippen molar-refractivity contribution in [2.24, 2.45) is 0 Å². The zero-order valence-electron chi connectivity index (χ0n) is 20.9. The molecule has 7 nitrogen and oxygen atoms in total. The van der Waals surface area contributed by atoms with Crippen molar-refractivity contribution in [3.8, 4) is 17.1 Å². The van der Waals surface area contributed by atoms with Crippen molar-refractivity contribution in [3.63, 3.8) is 0 Å². The molecule has 2 amide bonds. The second-order valence-electron chi connectivity index (χ2n) is 8.83. The molecule has 0 spiro atoms. The normalized spacial score (nSPS) is 15.6. The number of hydrogen-bond donors (Lipinski definition) is 1. The highest BCUT2D eigenvalue weighted by atomic mass is 19.1. The number of ether oxygens (including phenoxy) is 1. The Bertz CT molecular complexity index is 1460. The Hall–Kier alpha value is -4.46. The van der Waals surface area contributed by atoms with Gasteiger partial charge in [0.05, 0.1) is 24.8 Å². The number of amides is 2. The quantitative estimate of drug-likeness (QED) is 0.324. The molecule has 1 aromatic heterocycles. The van der Waals surface area contributed by atoms with Gasteiger partial charge in [0.15, 0.2) is 0 Å². The lowest BCUT2D eigenvalue weighted by atomic mass is 9.94. The number of rotatable bonds is 7. The highest BCUT2D eigenvalue weighted by Crippen LogP contribution is 2.38. The number of allylic oxidation sites excluding steroid dienone is 1. The van der Waals surface area contributed by atoms with Crippen molar-refractivity contribution >= 4 is 11.6 Å². The molecule has 4 aromatic rings. The van der Waals surface area contributed by atoms with Crippen molar-refractivity contribution in [1.29, 1.82) is 0 Å². The number of nitrogens with zero attached hydrogens (tertiary/aromatic N) is 3. The van der Waals surface area contributed by atoms with Crippen LogP contribution in [-0.4, -0.2) is 27.7 Å². The maximum Gasteiger partial charge on any atom is 0.322 e. The molecule has 8 heteroatoms. The van der Waals surface area contributed by atoms with Crippen molar-refractivity contribution in [2.45, 2.75) is 33.4 Å². The molecule has 0 aliphatic carbocycles. The lowest BCUT2D eigenvalue weighted by Crippen LogP contribution is -2.45. The monoisotopic (exact) mass is 498 g/mol. The minimum Gasteiger partial charge on any atom is -0.494 e. The fourth-order valence-electron chi connectivity index (χ4n) is 4.46. The molecular formula is C29H27FN4O3. The van der Waals surface area contributed by atoms with E-state index in [1.54, 1.807) is 17.0 Å². The molecular weight excluding hydrogens is 471 g/mol. The number of benzene rings is 3. The predicted octanol–water partition coefficient (Wildman–Crippen LogP) is 6.28. The van der Waals surface area contributed by atoms with E-state index < -0.39 is 11.9 Å². The molecule has 2 heterocycles. The van der Waals surface area contributed by atoms with Gasteiger partial charge in [0.1, 0.15) is 11.6 Å². The summed E-state index contributed by atoms with van der Waals surface area (Å²) in [6.45, 7) is 6.72. The molecule has 1 aliphatic rings. The summed E-state index contributed by atoms with van der Waals surface area (Å²) in [6, 6.07) is 20.5. The largest absolute Gasteiger partial charge is 0.494 e. The number of halogens is 1. The lowest BCUT2D eigenvalue weighted by molar-refractivity contribution is 0.203. The first-order valence-electron chi connectivity index (χ1n) is 12.1. The van der Waals surface area contributed by atoms with E-state index in [-0.39, 0.29) is 11.9 Å². The van der Waals surface area contributed by atoms with E-state index in [2.05, 4.69) is 15.5 Å². The van der Waals surface area contributed by atoms with Crippen molar-refractivity contribution in [1.82, 2.24) is 20.4 Å². The van der Waals surface area contributed by atoms with E-state index in [1.165, 1.54) is 12.1 Å². The number of nitrogens with one attached hydrogen (secondary N) is 1. The summed E-state index contributed by atoms with van der Waals surface area (Å²) in [5, 5.41) is 7.21. The molecule has 1 atom stereocenters. The standard InChI is InChI=1S/C29H27FN4O3/c1-4-36-24-14-12-20(13-15-24)27-32-28(37-33-27)25-19(3)34(17-22-9-6-5-8-18(22)2)29(35)31-26(25)21-10-7-11-23(30)16-21/h5-16,26H,4,17H2,1-3H3,(H,31,35). The Balaban J connectivity index is 1.57. The molecule has 0 saturated heterocycles. The Labute approximate surface area is 214 Å². The first kappa shape index (κ1) is 24.2. The number of carbonyl (C=O) groups is 1. The van der Waals surface area contributed by atoms with Crippen molar-refractivity contribution in [2.75, 3.05) is 6.61 Å². The third-order valence-electron chi connectivity index (χ3n) is 6.45. The number of carbonyl (C=O) groups excluding carboxylic acids is 1. The maximum absolute atomic E-state index is 14.2. The van der Waals surface area contributed by atoms with Gasteiger partial charge in [-0.25, -0.2) is 9.18 Å². The lowest BCUT2D eigenvalue weighted by Gasteiger charge is -2.35. The molecule has 3 aromatic carbocycles. The van der Waals surface area contributed by atoms with E-state index in [4.69, 9.17) is 9.26 Å². The van der Waals surface area contributed by atoms with Crippen LogP contribution < -0.4 is 10.1 Å². The minimum atomic E-state index is -0.662. The Morgan fingerprint density at radius 1 is 1.05 bits per heavy atom. The van der Waals surface area contributed by atoms with Crippen LogP contribution in [-0.2, 0) is 6.54 Å². The molecule has 37 heavy (non-hydrogen) atoms. The van der Waals surface area contributed by atoms with Crippen LogP contribution >= 0.6 is 0 Å². The maximum atomic E-state index is 14.2. The second-order valence-corrected chi connectivity index (χ2v) is 8.83. The average Bonchev–Trinajstić information content (AvgIpc) is 3.37. The molecule has 1 N–H and O–H groups in total. The van der Waals surface area contributed by atoms with E-state index in [1.807, 2.05) is 69.3 Å². The van der Waals surface area contributed by atoms with E-state index >= 15 is 0 Å². The van der Waals surface area contributed by atoms with Gasteiger partial charge in [-0.05, 0) is 73.9 Å². The molecule has 188 valence electrons. The van der Waals surface area contributed by atoms with Crippen LogP contribution in [0.3, 0.4) is 0 Å². The van der Waals surface area contributed by atoms with Gasteiger partial charge in [0, 0.05) is 11.3 Å². The van der Waals surface area contributed by atoms with Crippen molar-refractivity contribution in [3.05, 3.63) is 107 Å². The van der Waals surface area contributed by atoms with E-state index in [0.29, 0.717) is 35.8 Å². The summed E-state index contributed by atoms with van der Waals surface area (Å²) in [5.74, 6) is 1.01. The fraction of sp³-hybridized carbons (Fsp3) is 0.207. The van der Waals surface area contributed by atoms with Crippen LogP contribution in [0.4, 0.5) is 9.18 Å². The van der Waals surface area contributed by atoms with Crippen LogP contribution in [0, 0.1) is 12.7 Å². The highest BCUT2D eigenvalue weighted by molar-refractivity contribution is 5.87. The number of urea groups is 1. The number of aromatic nitrogens is 2. The summed E-state index contributed by atoms with van der Waals surface area (Å²) >= 11 is 0. The second kappa shape index (κ2) is 10.3. The first-order chi connectivity index (χ1) is 17.9. The third-order valence-corrected chi connectivity index (χ3v) is 6.45. The Kier molecular flexibility index (Phi) is 6.72. The van der Waals surface area contributed by atoms with Gasteiger partial charge in [-0.1, -0.05) is 41.6 Å². The highest BCUT2D eigenvalue weighted by Gasteiger charge is 2.36. The summed E-state index contributed by atoms with van der Waals surface area (Å²) in [4.78, 5) is 19.6. The van der Waals surface area contributed by atoms with Gasteiger partial charge < -0.3 is 14.6 Å². The summed E-state index contributed by atoms with van der Waals surface area (Å²) in [6.07, 6.45) is 0. The van der Waals surface area contributed by atoms with Crippen molar-refractivity contribution < 1.29 is 18.4 Å². The molecule has 0 bridgehead atoms. The van der Waals surface area contributed by atoms with Gasteiger partial charge in [-0.2, -0.15) is 4.98 Å². The van der Waals surface area contributed by atoms with E-state index in [0.717, 1.165) is 22.4 Å². The number of aryl methyl sites for hydroxylation is 1.